The van der Waals surface area contributed by atoms with Gasteiger partial charge in [-0.05, 0) is 31.4 Å². The number of hydrogen-bond donors (Lipinski definition) is 1. The lowest BCUT2D eigenvalue weighted by atomic mass is 10.2. The van der Waals surface area contributed by atoms with Crippen molar-refractivity contribution in [3.05, 3.63) is 28.7 Å². The van der Waals surface area contributed by atoms with Gasteiger partial charge in [0.1, 0.15) is 0 Å². The maximum atomic E-state index is 12.2. The molecule has 122 valence electrons. The van der Waals surface area contributed by atoms with E-state index in [0.29, 0.717) is 13.0 Å². The normalized spacial score (nSPS) is 15.4. The van der Waals surface area contributed by atoms with Gasteiger partial charge < -0.3 is 19.3 Å². The summed E-state index contributed by atoms with van der Waals surface area (Å²) in [6.07, 6.45) is 6.56. The maximum Gasteiger partial charge on any atom is 0.292 e. The molecule has 0 atom stereocenters. The number of aliphatic hydroxyl groups is 1. The van der Waals surface area contributed by atoms with Gasteiger partial charge in [-0.25, -0.2) is 0 Å². The Morgan fingerprint density at radius 1 is 1.23 bits per heavy atom. The van der Waals surface area contributed by atoms with E-state index < -0.39 is 0 Å². The number of hydrogen-bond acceptors (Lipinski definition) is 4. The molecule has 2 rings (SSSR count). The summed E-state index contributed by atoms with van der Waals surface area (Å²) in [5, 5.41) is 8.83. The monoisotopic (exact) mass is 308 g/mol. The van der Waals surface area contributed by atoms with E-state index in [1.165, 1.54) is 17.4 Å². The average Bonchev–Trinajstić information content (AvgIpc) is 2.82. The summed E-state index contributed by atoms with van der Waals surface area (Å²) in [5.74, 6) is 0.121. The first-order valence-electron chi connectivity index (χ1n) is 7.93. The van der Waals surface area contributed by atoms with Crippen LogP contribution in [-0.2, 0) is 11.3 Å². The second-order valence-corrected chi connectivity index (χ2v) is 5.53. The fraction of sp³-hybridized carbons (Fsp3) is 0.625. The molecule has 1 aliphatic heterocycles. The molecule has 0 radical (unpaired) electrons. The lowest BCUT2D eigenvalue weighted by Crippen LogP contribution is -2.36. The van der Waals surface area contributed by atoms with Gasteiger partial charge in [0.05, 0.1) is 0 Å². The fourth-order valence-electron chi connectivity index (χ4n) is 2.59. The van der Waals surface area contributed by atoms with Crippen LogP contribution < -0.4 is 10.3 Å². The summed E-state index contributed by atoms with van der Waals surface area (Å²) < 4.78 is 6.91. The van der Waals surface area contributed by atoms with Crippen molar-refractivity contribution >= 4 is 5.91 Å². The van der Waals surface area contributed by atoms with Crippen molar-refractivity contribution in [2.45, 2.75) is 38.6 Å². The third-order valence-electron chi connectivity index (χ3n) is 3.85. The van der Waals surface area contributed by atoms with Crippen LogP contribution in [0.3, 0.4) is 0 Å². The minimum Gasteiger partial charge on any atom is -0.478 e. The first kappa shape index (κ1) is 16.5. The van der Waals surface area contributed by atoms with Gasteiger partial charge in [0, 0.05) is 32.4 Å². The number of carbonyl (C=O) groups excluding carboxylic acids is 1. The van der Waals surface area contributed by atoms with Crippen molar-refractivity contribution in [1.29, 1.82) is 0 Å². The first-order chi connectivity index (χ1) is 10.7. The first-order valence-corrected chi connectivity index (χ1v) is 7.93. The smallest absolute Gasteiger partial charge is 0.292 e. The summed E-state index contributed by atoms with van der Waals surface area (Å²) in [4.78, 5) is 26.1. The quantitative estimate of drug-likeness (QED) is 0.851. The van der Waals surface area contributed by atoms with Gasteiger partial charge in [0.25, 0.3) is 11.5 Å². The van der Waals surface area contributed by atoms with E-state index in [1.807, 2.05) is 4.90 Å². The molecule has 2 heterocycles. The molecule has 1 fully saturated rings. The van der Waals surface area contributed by atoms with E-state index in [9.17, 15) is 9.59 Å². The van der Waals surface area contributed by atoms with E-state index in [0.717, 1.165) is 25.9 Å². The van der Waals surface area contributed by atoms with E-state index >= 15 is 0 Å². The minimum absolute atomic E-state index is 0.0327. The summed E-state index contributed by atoms with van der Waals surface area (Å²) >= 11 is 0. The second kappa shape index (κ2) is 8.58. The molecule has 1 aliphatic rings. The van der Waals surface area contributed by atoms with E-state index in [1.54, 1.807) is 18.3 Å². The van der Waals surface area contributed by atoms with Crippen LogP contribution in [-0.4, -0.2) is 46.8 Å². The molecule has 6 nitrogen and oxygen atoms in total. The third-order valence-corrected chi connectivity index (χ3v) is 3.85. The second-order valence-electron chi connectivity index (χ2n) is 5.53. The zero-order chi connectivity index (χ0) is 15.8. The predicted octanol–water partition coefficient (Wildman–Crippen LogP) is 1.01. The largest absolute Gasteiger partial charge is 0.478 e. The van der Waals surface area contributed by atoms with Crippen molar-refractivity contribution in [3.8, 4) is 5.75 Å². The summed E-state index contributed by atoms with van der Waals surface area (Å²) in [6.45, 7) is 1.92. The number of aromatic nitrogens is 1. The summed E-state index contributed by atoms with van der Waals surface area (Å²) in [5.41, 5.74) is -0.264. The maximum absolute atomic E-state index is 12.2. The number of nitrogens with zero attached hydrogens (tertiary/aromatic N) is 2. The van der Waals surface area contributed by atoms with Gasteiger partial charge in [-0.3, -0.25) is 9.59 Å². The van der Waals surface area contributed by atoms with Crippen molar-refractivity contribution < 1.29 is 14.6 Å². The molecule has 0 spiro atoms. The molecule has 0 aromatic carbocycles. The van der Waals surface area contributed by atoms with E-state index in [4.69, 9.17) is 9.84 Å². The van der Waals surface area contributed by atoms with Crippen LogP contribution in [0.15, 0.2) is 23.1 Å². The molecule has 1 aromatic heterocycles. The zero-order valence-corrected chi connectivity index (χ0v) is 12.9. The Morgan fingerprint density at radius 2 is 1.95 bits per heavy atom. The zero-order valence-electron chi connectivity index (χ0n) is 12.9. The minimum atomic E-state index is -0.264. The Balaban J connectivity index is 1.93. The van der Waals surface area contributed by atoms with E-state index in [-0.39, 0.29) is 30.4 Å². The van der Waals surface area contributed by atoms with Crippen LogP contribution in [0.1, 0.15) is 32.1 Å². The molecule has 22 heavy (non-hydrogen) atoms. The topological polar surface area (TPSA) is 71.8 Å². The van der Waals surface area contributed by atoms with Gasteiger partial charge in [-0.15, -0.1) is 0 Å². The molecular weight excluding hydrogens is 284 g/mol. The molecule has 0 saturated carbocycles. The number of ether oxygens (including phenoxy) is 1. The third kappa shape index (κ3) is 4.59. The Kier molecular flexibility index (Phi) is 6.45. The lowest BCUT2D eigenvalue weighted by molar-refractivity contribution is -0.133. The standard InChI is InChI=1S/C16H24N2O4/c19-12-6-11-18-10-5-7-14(16(18)21)22-13-15(20)17-8-3-1-2-4-9-17/h5,7,10,19H,1-4,6,8-9,11-13H2. The van der Waals surface area contributed by atoms with Crippen LogP contribution in [0.5, 0.6) is 5.75 Å². The Bertz CT molecular complexity index is 533. The van der Waals surface area contributed by atoms with E-state index in [2.05, 4.69) is 0 Å². The highest BCUT2D eigenvalue weighted by Gasteiger charge is 2.16. The molecule has 1 amide bonds. The predicted molar refractivity (Wildman–Crippen MR) is 82.9 cm³/mol. The molecule has 1 saturated heterocycles. The number of likely N-dealkylation sites (tertiary alicyclic amines) is 1. The Labute approximate surface area is 130 Å². The van der Waals surface area contributed by atoms with Crippen LogP contribution >= 0.6 is 0 Å². The number of aryl methyl sites for hydroxylation is 1. The van der Waals surface area contributed by atoms with Gasteiger partial charge in [0.2, 0.25) is 0 Å². The molecule has 0 bridgehead atoms. The van der Waals surface area contributed by atoms with Gasteiger partial charge in [-0.1, -0.05) is 12.8 Å². The van der Waals surface area contributed by atoms with Crippen LogP contribution in [0, 0.1) is 0 Å². The molecular formula is C16H24N2O4. The van der Waals surface area contributed by atoms with Crippen molar-refractivity contribution in [2.24, 2.45) is 0 Å². The molecule has 0 aliphatic carbocycles. The van der Waals surface area contributed by atoms with Gasteiger partial charge in [-0.2, -0.15) is 0 Å². The number of rotatable bonds is 6. The summed E-state index contributed by atoms with van der Waals surface area (Å²) in [7, 11) is 0. The van der Waals surface area contributed by atoms with Crippen LogP contribution in [0.25, 0.3) is 0 Å². The van der Waals surface area contributed by atoms with Crippen LogP contribution in [0.2, 0.25) is 0 Å². The lowest BCUT2D eigenvalue weighted by Gasteiger charge is -2.20. The molecule has 6 heteroatoms. The number of carbonyl (C=O) groups is 1. The molecule has 0 unspecified atom stereocenters. The van der Waals surface area contributed by atoms with Crippen LogP contribution in [0.4, 0.5) is 0 Å². The summed E-state index contributed by atoms with van der Waals surface area (Å²) in [6, 6.07) is 3.29. The number of pyridine rings is 1. The molecule has 1 N–H and O–H groups in total. The highest BCUT2D eigenvalue weighted by molar-refractivity contribution is 5.77. The van der Waals surface area contributed by atoms with Crippen molar-refractivity contribution in [1.82, 2.24) is 9.47 Å². The van der Waals surface area contributed by atoms with Gasteiger partial charge in [0.15, 0.2) is 12.4 Å². The van der Waals surface area contributed by atoms with Crippen molar-refractivity contribution in [2.75, 3.05) is 26.3 Å². The molecule has 1 aromatic rings. The average molecular weight is 308 g/mol. The van der Waals surface area contributed by atoms with Gasteiger partial charge >= 0.3 is 0 Å². The number of amides is 1. The highest BCUT2D eigenvalue weighted by Crippen LogP contribution is 2.10. The Hall–Kier alpha value is -1.82. The van der Waals surface area contributed by atoms with Crippen molar-refractivity contribution in [3.63, 3.8) is 0 Å². The number of aliphatic hydroxyl groups excluding tert-OH is 1. The SMILES string of the molecule is O=C(COc1cccn(CCCO)c1=O)N1CCCCCC1. The fourth-order valence-corrected chi connectivity index (χ4v) is 2.59. The highest BCUT2D eigenvalue weighted by atomic mass is 16.5. The Morgan fingerprint density at radius 3 is 2.64 bits per heavy atom.